The average molecular weight is 278 g/mol. The quantitative estimate of drug-likeness (QED) is 0.701. The Kier molecular flexibility index (Phi) is 6.76. The van der Waals surface area contributed by atoms with E-state index in [1.54, 1.807) is 13.8 Å². The summed E-state index contributed by atoms with van der Waals surface area (Å²) < 4.78 is 0. The Hall–Kier alpha value is -1.32. The van der Waals surface area contributed by atoms with Crippen molar-refractivity contribution in [3.63, 3.8) is 0 Å². The number of hydrogen-bond donors (Lipinski definition) is 0. The lowest BCUT2D eigenvalue weighted by molar-refractivity contribution is -0.116. The van der Waals surface area contributed by atoms with Crippen LogP contribution in [-0.2, 0) is 9.59 Å². The summed E-state index contributed by atoms with van der Waals surface area (Å²) in [5.41, 5.74) is 1.79. The summed E-state index contributed by atoms with van der Waals surface area (Å²) in [5.74, 6) is 0.296. The Morgan fingerprint density at radius 3 is 1.45 bits per heavy atom. The minimum Gasteiger partial charge on any atom is -0.300 e. The van der Waals surface area contributed by atoms with E-state index in [-0.39, 0.29) is 23.7 Å². The predicted molar refractivity (Wildman–Crippen MR) is 82.9 cm³/mol. The Morgan fingerprint density at radius 1 is 0.800 bits per heavy atom. The van der Waals surface area contributed by atoms with E-state index in [1.165, 1.54) is 12.8 Å². The van der Waals surface area contributed by atoms with Crippen LogP contribution in [0.2, 0.25) is 0 Å². The Morgan fingerprint density at radius 2 is 1.15 bits per heavy atom. The fraction of sp³-hybridized carbons (Fsp3) is 0.750. The van der Waals surface area contributed by atoms with Crippen molar-refractivity contribution in [2.24, 2.45) is 9.98 Å². The van der Waals surface area contributed by atoms with Crippen LogP contribution in [0.5, 0.6) is 0 Å². The molecule has 1 saturated carbocycles. The van der Waals surface area contributed by atoms with Crippen molar-refractivity contribution in [1.29, 1.82) is 0 Å². The lowest BCUT2D eigenvalue weighted by Crippen LogP contribution is -2.29. The smallest absolute Gasteiger partial charge is 0.135 e. The second kappa shape index (κ2) is 8.08. The van der Waals surface area contributed by atoms with Gasteiger partial charge in [0.2, 0.25) is 0 Å². The Balaban J connectivity index is 2.76. The third-order valence-corrected chi connectivity index (χ3v) is 3.48. The zero-order valence-corrected chi connectivity index (χ0v) is 13.1. The van der Waals surface area contributed by atoms with E-state index in [1.807, 2.05) is 13.8 Å². The van der Waals surface area contributed by atoms with Crippen molar-refractivity contribution < 1.29 is 9.59 Å². The van der Waals surface area contributed by atoms with Gasteiger partial charge in [-0.2, -0.15) is 0 Å². The molecule has 4 heteroatoms. The van der Waals surface area contributed by atoms with Crippen molar-refractivity contribution in [3.8, 4) is 0 Å². The maximum absolute atomic E-state index is 11.1. The first kappa shape index (κ1) is 16.7. The predicted octanol–water partition coefficient (Wildman–Crippen LogP) is 3.18. The molecular formula is C16H26N2O2. The molecule has 2 atom stereocenters. The first-order valence-electron chi connectivity index (χ1n) is 7.44. The summed E-state index contributed by atoms with van der Waals surface area (Å²) in [6.45, 7) is 7.01. The van der Waals surface area contributed by atoms with Crippen molar-refractivity contribution in [2.45, 2.75) is 78.3 Å². The van der Waals surface area contributed by atoms with Crippen molar-refractivity contribution >= 4 is 23.0 Å². The largest absolute Gasteiger partial charge is 0.300 e. The number of rotatable bonds is 6. The highest BCUT2D eigenvalue weighted by Crippen LogP contribution is 2.24. The van der Waals surface area contributed by atoms with Crippen molar-refractivity contribution in [3.05, 3.63) is 0 Å². The van der Waals surface area contributed by atoms with Gasteiger partial charge in [0.1, 0.15) is 11.6 Å². The fourth-order valence-electron chi connectivity index (χ4n) is 2.77. The van der Waals surface area contributed by atoms with Crippen LogP contribution in [0.4, 0.5) is 0 Å². The maximum Gasteiger partial charge on any atom is 0.135 e. The van der Waals surface area contributed by atoms with Crippen LogP contribution in [0.1, 0.15) is 66.2 Å². The molecule has 0 aliphatic heterocycles. The molecular weight excluding hydrogens is 252 g/mol. The minimum atomic E-state index is 0.148. The highest BCUT2D eigenvalue weighted by atomic mass is 16.1. The summed E-state index contributed by atoms with van der Waals surface area (Å²) >= 11 is 0. The van der Waals surface area contributed by atoms with E-state index in [0.717, 1.165) is 24.3 Å². The van der Waals surface area contributed by atoms with E-state index >= 15 is 0 Å². The second-order valence-corrected chi connectivity index (χ2v) is 5.91. The van der Waals surface area contributed by atoms with E-state index in [0.29, 0.717) is 12.8 Å². The molecule has 2 unspecified atom stereocenters. The molecule has 0 bridgehead atoms. The average Bonchev–Trinajstić information content (AvgIpc) is 2.29. The third-order valence-electron chi connectivity index (χ3n) is 3.48. The van der Waals surface area contributed by atoms with Crippen molar-refractivity contribution in [2.75, 3.05) is 0 Å². The molecule has 0 heterocycles. The molecule has 0 aromatic rings. The van der Waals surface area contributed by atoms with Crippen LogP contribution in [0.3, 0.4) is 0 Å². The van der Waals surface area contributed by atoms with Gasteiger partial charge in [0.05, 0.1) is 12.1 Å². The second-order valence-electron chi connectivity index (χ2n) is 5.91. The summed E-state index contributed by atoms with van der Waals surface area (Å²) in [4.78, 5) is 31.6. The van der Waals surface area contributed by atoms with Gasteiger partial charge in [0, 0.05) is 24.3 Å². The van der Waals surface area contributed by atoms with Gasteiger partial charge in [-0.3, -0.25) is 19.6 Å². The zero-order valence-electron chi connectivity index (χ0n) is 13.1. The number of Topliss-reactive ketones (excluding diaryl/α,β-unsaturated/α-hetero) is 2. The molecule has 1 fully saturated rings. The van der Waals surface area contributed by atoms with Crippen LogP contribution in [0, 0.1) is 0 Å². The molecule has 4 nitrogen and oxygen atoms in total. The molecule has 1 aliphatic carbocycles. The van der Waals surface area contributed by atoms with Crippen LogP contribution < -0.4 is 0 Å². The summed E-state index contributed by atoms with van der Waals surface area (Å²) in [6, 6.07) is 0.343. The third kappa shape index (κ3) is 6.22. The van der Waals surface area contributed by atoms with Gasteiger partial charge in [-0.1, -0.05) is 12.8 Å². The van der Waals surface area contributed by atoms with Crippen LogP contribution >= 0.6 is 0 Å². The lowest BCUT2D eigenvalue weighted by atomic mass is 9.90. The van der Waals surface area contributed by atoms with Gasteiger partial charge in [-0.05, 0) is 40.5 Å². The summed E-state index contributed by atoms with van der Waals surface area (Å²) in [6.07, 6.45) is 5.24. The van der Waals surface area contributed by atoms with E-state index in [2.05, 4.69) is 0 Å². The lowest BCUT2D eigenvalue weighted by Gasteiger charge is -2.27. The molecule has 0 saturated heterocycles. The Bertz CT molecular complexity index is 384. The molecule has 0 N–H and O–H groups in total. The van der Waals surface area contributed by atoms with Crippen LogP contribution in [0.25, 0.3) is 0 Å². The number of hydrogen-bond acceptors (Lipinski definition) is 4. The molecule has 1 aliphatic rings. The van der Waals surface area contributed by atoms with E-state index in [9.17, 15) is 9.59 Å². The number of nitrogens with zero attached hydrogens (tertiary/aromatic N) is 2. The van der Waals surface area contributed by atoms with Gasteiger partial charge in [-0.15, -0.1) is 0 Å². The molecule has 0 aromatic carbocycles. The van der Waals surface area contributed by atoms with Gasteiger partial charge >= 0.3 is 0 Å². The fourth-order valence-corrected chi connectivity index (χ4v) is 2.77. The van der Waals surface area contributed by atoms with Crippen LogP contribution in [0.15, 0.2) is 9.98 Å². The summed E-state index contributed by atoms with van der Waals surface area (Å²) in [5, 5.41) is 0. The zero-order chi connectivity index (χ0) is 15.1. The van der Waals surface area contributed by atoms with Gasteiger partial charge in [-0.25, -0.2) is 0 Å². The monoisotopic (exact) mass is 278 g/mol. The van der Waals surface area contributed by atoms with E-state index in [4.69, 9.17) is 9.98 Å². The first-order chi connectivity index (χ1) is 9.38. The van der Waals surface area contributed by atoms with Crippen molar-refractivity contribution in [1.82, 2.24) is 0 Å². The Labute approximate surface area is 121 Å². The molecule has 0 spiro atoms. The number of ketones is 2. The SMILES string of the molecule is CC(=O)CC(C)=NC1CCCCC1N=C(C)CC(C)=O. The maximum atomic E-state index is 11.1. The van der Waals surface area contributed by atoms with Gasteiger partial charge < -0.3 is 0 Å². The molecule has 0 aromatic heterocycles. The molecule has 1 rings (SSSR count). The topological polar surface area (TPSA) is 58.9 Å². The minimum absolute atomic E-state index is 0.148. The van der Waals surface area contributed by atoms with Crippen LogP contribution in [-0.4, -0.2) is 35.1 Å². The number of aliphatic imine (C=N–C) groups is 2. The molecule has 0 amide bonds. The first-order valence-corrected chi connectivity index (χ1v) is 7.44. The number of carbonyl (C=O) groups is 2. The van der Waals surface area contributed by atoms with E-state index < -0.39 is 0 Å². The van der Waals surface area contributed by atoms with Gasteiger partial charge in [0.25, 0.3) is 0 Å². The normalized spacial score (nSPS) is 24.6. The van der Waals surface area contributed by atoms with Gasteiger partial charge in [0.15, 0.2) is 0 Å². The molecule has 20 heavy (non-hydrogen) atoms. The molecule has 112 valence electrons. The highest BCUT2D eigenvalue weighted by molar-refractivity contribution is 6.00. The molecule has 0 radical (unpaired) electrons. The standard InChI is InChI=1S/C16H26N2O2/c1-11(9-13(3)19)17-15-7-5-6-8-16(15)18-12(2)10-14(4)20/h15-16H,5-10H2,1-4H3. The number of carbonyl (C=O) groups excluding carboxylic acids is 2. The summed E-state index contributed by atoms with van der Waals surface area (Å²) in [7, 11) is 0. The highest BCUT2D eigenvalue weighted by Gasteiger charge is 2.24.